The molecule has 1 saturated carbocycles. The second-order valence-corrected chi connectivity index (χ2v) is 11.2. The molecule has 8 nitrogen and oxygen atoms in total. The van der Waals surface area contributed by atoms with E-state index < -0.39 is 0 Å². The van der Waals surface area contributed by atoms with Crippen LogP contribution < -0.4 is 10.2 Å². The number of carbonyl (C=O) groups excluding carboxylic acids is 2. The van der Waals surface area contributed by atoms with E-state index in [2.05, 4.69) is 37.2 Å². The van der Waals surface area contributed by atoms with Crippen LogP contribution in [0.2, 0.25) is 0 Å². The Labute approximate surface area is 204 Å². The number of fused-ring (bicyclic) bond motifs is 2. The molecular formula is C24H22N6O2S2. The van der Waals surface area contributed by atoms with Crippen molar-refractivity contribution >= 4 is 40.3 Å². The van der Waals surface area contributed by atoms with Crippen molar-refractivity contribution in [2.24, 2.45) is 0 Å². The monoisotopic (exact) mass is 490 g/mol. The summed E-state index contributed by atoms with van der Waals surface area (Å²) in [6.07, 6.45) is 4.09. The van der Waals surface area contributed by atoms with Gasteiger partial charge in [0.15, 0.2) is 5.82 Å². The standard InChI is InChI=1S/C17H15N5OS.C7H7NOS/c1-10-7-11-8-21(17(23)15(11)24-10)14-4-2-3-13(19-14)16-20-18-9-22(16)12-5-6-12;1-4-2-5-3-8-7(9)6(5)10-4/h2-4,7,9,12H,5-6,8H2,1H3;2H,3H2,1H3,(H,8,9). The van der Waals surface area contributed by atoms with Crippen molar-refractivity contribution in [2.45, 2.75) is 45.8 Å². The molecule has 0 spiro atoms. The van der Waals surface area contributed by atoms with Crippen LogP contribution in [0.1, 0.15) is 59.1 Å². The zero-order chi connectivity index (χ0) is 23.4. The van der Waals surface area contributed by atoms with E-state index in [9.17, 15) is 9.59 Å². The van der Waals surface area contributed by atoms with Crippen LogP contribution >= 0.6 is 22.7 Å². The van der Waals surface area contributed by atoms with Gasteiger partial charge in [-0.25, -0.2) is 4.98 Å². The molecule has 7 rings (SSSR count). The van der Waals surface area contributed by atoms with Crippen molar-refractivity contribution in [2.75, 3.05) is 4.90 Å². The third kappa shape index (κ3) is 3.72. The summed E-state index contributed by atoms with van der Waals surface area (Å²) in [5, 5.41) is 11.0. The van der Waals surface area contributed by atoms with Gasteiger partial charge in [-0.1, -0.05) is 6.07 Å². The Hall–Kier alpha value is -3.37. The smallest absolute Gasteiger partial charge is 0.270 e. The normalized spacial score (nSPS) is 16.2. The average molecular weight is 491 g/mol. The first-order valence-corrected chi connectivity index (χ1v) is 12.8. The van der Waals surface area contributed by atoms with Crippen molar-refractivity contribution in [1.82, 2.24) is 25.1 Å². The van der Waals surface area contributed by atoms with Gasteiger partial charge in [-0.15, -0.1) is 32.9 Å². The van der Waals surface area contributed by atoms with Crippen LogP contribution in [0.3, 0.4) is 0 Å². The van der Waals surface area contributed by atoms with Crippen molar-refractivity contribution in [1.29, 1.82) is 0 Å². The van der Waals surface area contributed by atoms with Gasteiger partial charge >= 0.3 is 0 Å². The molecule has 4 aromatic rings. The number of carbonyl (C=O) groups is 2. The molecule has 172 valence electrons. The molecular weight excluding hydrogens is 468 g/mol. The van der Waals surface area contributed by atoms with Gasteiger partial charge in [0.1, 0.15) is 17.8 Å². The summed E-state index contributed by atoms with van der Waals surface area (Å²) >= 11 is 3.13. The number of hydrogen-bond acceptors (Lipinski definition) is 7. The summed E-state index contributed by atoms with van der Waals surface area (Å²) in [4.78, 5) is 34.2. The Morgan fingerprint density at radius 2 is 1.79 bits per heavy atom. The quantitative estimate of drug-likeness (QED) is 0.456. The summed E-state index contributed by atoms with van der Waals surface area (Å²) in [7, 11) is 0. The van der Waals surface area contributed by atoms with Crippen LogP contribution in [0.5, 0.6) is 0 Å². The minimum absolute atomic E-state index is 0.0383. The predicted molar refractivity (Wildman–Crippen MR) is 131 cm³/mol. The van der Waals surface area contributed by atoms with E-state index in [4.69, 9.17) is 0 Å². The maximum absolute atomic E-state index is 12.7. The number of pyridine rings is 1. The number of amides is 2. The lowest BCUT2D eigenvalue weighted by molar-refractivity contribution is 0.0967. The third-order valence-electron chi connectivity index (χ3n) is 6.03. The van der Waals surface area contributed by atoms with Crippen LogP contribution in [-0.2, 0) is 13.1 Å². The number of nitrogens with one attached hydrogen (secondary N) is 1. The summed E-state index contributed by atoms with van der Waals surface area (Å²) in [5.41, 5.74) is 3.01. The maximum Gasteiger partial charge on any atom is 0.270 e. The molecule has 2 aliphatic heterocycles. The van der Waals surface area contributed by atoms with Crippen LogP contribution in [-0.4, -0.2) is 31.6 Å². The Bertz CT molecular complexity index is 1430. The fraction of sp³-hybridized carbons (Fsp3) is 0.292. The van der Waals surface area contributed by atoms with Crippen molar-refractivity contribution in [3.63, 3.8) is 0 Å². The number of thiophene rings is 2. The van der Waals surface area contributed by atoms with Crippen LogP contribution in [0.25, 0.3) is 11.5 Å². The number of anilines is 1. The van der Waals surface area contributed by atoms with Gasteiger partial charge in [-0.3, -0.25) is 14.5 Å². The van der Waals surface area contributed by atoms with Crippen LogP contribution in [0.4, 0.5) is 5.82 Å². The first-order valence-electron chi connectivity index (χ1n) is 11.1. The van der Waals surface area contributed by atoms with E-state index in [-0.39, 0.29) is 11.8 Å². The fourth-order valence-electron chi connectivity index (χ4n) is 4.31. The lowest BCUT2D eigenvalue weighted by Gasteiger charge is -2.15. The second kappa shape index (κ2) is 8.14. The highest BCUT2D eigenvalue weighted by molar-refractivity contribution is 7.14. The maximum atomic E-state index is 12.7. The highest BCUT2D eigenvalue weighted by Gasteiger charge is 2.32. The summed E-state index contributed by atoms with van der Waals surface area (Å²) in [6, 6.07) is 10.4. The number of hydrogen-bond donors (Lipinski definition) is 1. The van der Waals surface area contributed by atoms with E-state index in [1.54, 1.807) is 33.9 Å². The van der Waals surface area contributed by atoms with E-state index in [1.165, 1.54) is 9.75 Å². The molecule has 10 heteroatoms. The van der Waals surface area contributed by atoms with E-state index in [1.807, 2.05) is 32.0 Å². The Balaban J connectivity index is 0.000000182. The van der Waals surface area contributed by atoms with Crippen LogP contribution in [0, 0.1) is 13.8 Å². The van der Waals surface area contributed by atoms with Crippen LogP contribution in [0.15, 0.2) is 36.7 Å². The molecule has 0 bridgehead atoms. The summed E-state index contributed by atoms with van der Waals surface area (Å²) < 4.78 is 2.08. The highest BCUT2D eigenvalue weighted by atomic mass is 32.1. The van der Waals surface area contributed by atoms with E-state index in [0.717, 1.165) is 51.8 Å². The molecule has 2 amide bonds. The third-order valence-corrected chi connectivity index (χ3v) is 8.20. The van der Waals surface area contributed by atoms with Crippen molar-refractivity contribution in [3.05, 3.63) is 67.3 Å². The van der Waals surface area contributed by atoms with Gasteiger partial charge < -0.3 is 9.88 Å². The Morgan fingerprint density at radius 3 is 2.53 bits per heavy atom. The molecule has 6 heterocycles. The molecule has 0 saturated heterocycles. The minimum atomic E-state index is 0.0383. The van der Waals surface area contributed by atoms with Crippen molar-refractivity contribution < 1.29 is 9.59 Å². The first-order chi connectivity index (χ1) is 16.5. The van der Waals surface area contributed by atoms with Crippen molar-refractivity contribution in [3.8, 4) is 11.5 Å². The molecule has 1 N–H and O–H groups in total. The van der Waals surface area contributed by atoms with Gasteiger partial charge in [0.05, 0.1) is 16.3 Å². The summed E-state index contributed by atoms with van der Waals surface area (Å²) in [6.45, 7) is 5.36. The minimum Gasteiger partial charge on any atom is -0.347 e. The van der Waals surface area contributed by atoms with Gasteiger partial charge in [0, 0.05) is 22.3 Å². The number of aryl methyl sites for hydroxylation is 2. The molecule has 3 aliphatic rings. The van der Waals surface area contributed by atoms with E-state index >= 15 is 0 Å². The number of nitrogens with zero attached hydrogens (tertiary/aromatic N) is 5. The van der Waals surface area contributed by atoms with E-state index in [0.29, 0.717) is 18.4 Å². The zero-order valence-corrected chi connectivity index (χ0v) is 20.4. The predicted octanol–water partition coefficient (Wildman–Crippen LogP) is 4.51. The molecule has 0 atom stereocenters. The SMILES string of the molecule is Cc1cc2c(s1)C(=O)N(c1cccc(-c3nncn3C3CC3)n1)C2.Cc1cc2c(s1)C(=O)NC2. The fourth-order valence-corrected chi connectivity index (χ4v) is 6.23. The summed E-state index contributed by atoms with van der Waals surface area (Å²) in [5.74, 6) is 1.57. The largest absolute Gasteiger partial charge is 0.347 e. The molecule has 1 fully saturated rings. The Kier molecular flexibility index (Phi) is 5.07. The number of aromatic nitrogens is 4. The average Bonchev–Trinajstić information content (AvgIpc) is 3.15. The highest BCUT2D eigenvalue weighted by Crippen LogP contribution is 2.38. The van der Waals surface area contributed by atoms with Gasteiger partial charge in [-0.2, -0.15) is 0 Å². The number of rotatable bonds is 3. The molecule has 0 aromatic carbocycles. The molecule has 4 aromatic heterocycles. The molecule has 0 unspecified atom stereocenters. The lowest BCUT2D eigenvalue weighted by Crippen LogP contribution is -2.24. The molecule has 0 radical (unpaired) electrons. The molecule has 1 aliphatic carbocycles. The molecule has 34 heavy (non-hydrogen) atoms. The zero-order valence-electron chi connectivity index (χ0n) is 18.7. The second-order valence-electron chi connectivity index (χ2n) is 8.67. The first kappa shape index (κ1) is 21.2. The van der Waals surface area contributed by atoms with Gasteiger partial charge in [0.2, 0.25) is 0 Å². The Morgan fingerprint density at radius 1 is 1.03 bits per heavy atom. The topological polar surface area (TPSA) is 93.0 Å². The lowest BCUT2D eigenvalue weighted by atomic mass is 10.3. The van der Waals surface area contributed by atoms with Gasteiger partial charge in [0.25, 0.3) is 11.8 Å². The van der Waals surface area contributed by atoms with Gasteiger partial charge in [-0.05, 0) is 62.1 Å².